The van der Waals surface area contributed by atoms with Crippen molar-refractivity contribution >= 4 is 23.6 Å². The van der Waals surface area contributed by atoms with Gasteiger partial charge >= 0.3 is 0 Å². The summed E-state index contributed by atoms with van der Waals surface area (Å²) < 4.78 is 1.35. The van der Waals surface area contributed by atoms with Crippen LogP contribution in [0.3, 0.4) is 0 Å². The predicted octanol–water partition coefficient (Wildman–Crippen LogP) is -0.0116. The van der Waals surface area contributed by atoms with Crippen LogP contribution in [0.5, 0.6) is 0 Å². The lowest BCUT2D eigenvalue weighted by Crippen LogP contribution is -2.19. The Kier molecular flexibility index (Phi) is 3.15. The van der Waals surface area contributed by atoms with E-state index in [1.54, 1.807) is 6.20 Å². The van der Waals surface area contributed by atoms with Gasteiger partial charge in [0, 0.05) is 18.3 Å². The van der Waals surface area contributed by atoms with E-state index in [-0.39, 0.29) is 24.3 Å². The minimum atomic E-state index is -0.287. The fourth-order valence-corrected chi connectivity index (χ4v) is 1.66. The Bertz CT molecular complexity index is 615. The molecule has 1 aliphatic carbocycles. The van der Waals surface area contributed by atoms with E-state index >= 15 is 0 Å². The summed E-state index contributed by atoms with van der Waals surface area (Å²) in [7, 11) is 0. The first kappa shape index (κ1) is 12.3. The first-order valence-corrected chi connectivity index (χ1v) is 6.21. The molecule has 0 aliphatic heterocycles. The van der Waals surface area contributed by atoms with Gasteiger partial charge in [-0.2, -0.15) is 0 Å². The third-order valence-corrected chi connectivity index (χ3v) is 2.80. The van der Waals surface area contributed by atoms with E-state index in [9.17, 15) is 9.59 Å². The summed E-state index contributed by atoms with van der Waals surface area (Å²) in [6, 6.07) is 0. The van der Waals surface area contributed by atoms with Crippen LogP contribution >= 0.6 is 0 Å². The van der Waals surface area contributed by atoms with E-state index in [1.165, 1.54) is 17.1 Å². The van der Waals surface area contributed by atoms with Gasteiger partial charge in [-0.15, -0.1) is 5.10 Å². The molecule has 0 unspecified atom stereocenters. The van der Waals surface area contributed by atoms with Crippen LogP contribution in [0.25, 0.3) is 0 Å². The van der Waals surface area contributed by atoms with Gasteiger partial charge in [0.05, 0.1) is 6.20 Å². The quantitative estimate of drug-likeness (QED) is 0.709. The van der Waals surface area contributed by atoms with E-state index in [4.69, 9.17) is 0 Å². The number of nitrogens with zero attached hydrogens (tertiary/aromatic N) is 4. The fourth-order valence-electron chi connectivity index (χ4n) is 1.66. The molecule has 0 radical (unpaired) electrons. The third kappa shape index (κ3) is 2.99. The highest BCUT2D eigenvalue weighted by Crippen LogP contribution is 2.29. The number of rotatable bonds is 5. The normalized spacial score (nSPS) is 14.0. The molecule has 104 valence electrons. The fraction of sp³-hybridized carbons (Fsp3) is 0.364. The molecule has 0 bridgehead atoms. The lowest BCUT2D eigenvalue weighted by atomic mass is 10.4. The van der Waals surface area contributed by atoms with E-state index in [1.807, 2.05) is 0 Å². The van der Waals surface area contributed by atoms with Crippen molar-refractivity contribution in [2.24, 2.45) is 5.92 Å². The van der Waals surface area contributed by atoms with Crippen LogP contribution < -0.4 is 10.6 Å². The molecular weight excluding hydrogens is 262 g/mol. The molecule has 0 atom stereocenters. The number of aromatic amines is 1. The molecule has 3 N–H and O–H groups in total. The molecule has 2 heterocycles. The number of anilines is 2. The maximum atomic E-state index is 11.7. The largest absolute Gasteiger partial charge is 0.331 e. The molecule has 2 amide bonds. The van der Waals surface area contributed by atoms with Crippen molar-refractivity contribution in [2.45, 2.75) is 19.4 Å². The van der Waals surface area contributed by atoms with Crippen LogP contribution in [0.1, 0.15) is 12.8 Å². The summed E-state index contributed by atoms with van der Waals surface area (Å²) in [4.78, 5) is 29.9. The molecule has 2 aromatic rings. The number of carbonyl (C=O) groups is 2. The Balaban J connectivity index is 1.53. The molecule has 0 saturated heterocycles. The maximum absolute atomic E-state index is 11.7. The van der Waals surface area contributed by atoms with Crippen molar-refractivity contribution in [3.8, 4) is 0 Å². The number of H-pyrrole nitrogens is 1. The Morgan fingerprint density at radius 1 is 1.40 bits per heavy atom. The molecular formula is C11H13N7O2. The van der Waals surface area contributed by atoms with E-state index in [2.05, 4.69) is 30.9 Å². The zero-order valence-corrected chi connectivity index (χ0v) is 10.5. The van der Waals surface area contributed by atoms with E-state index < -0.39 is 0 Å². The lowest BCUT2D eigenvalue weighted by Gasteiger charge is -2.01. The standard InChI is InChI=1S/C11H13N7O2/c19-9(15-11-12-3-4-13-11)6-18-5-8(16-17-18)14-10(20)7-1-2-7/h3-5,7H,1-2,6H2,(H,14,20)(H2,12,13,15,19). The molecule has 9 heteroatoms. The Morgan fingerprint density at radius 3 is 2.95 bits per heavy atom. The lowest BCUT2D eigenvalue weighted by molar-refractivity contribution is -0.117. The summed E-state index contributed by atoms with van der Waals surface area (Å²) in [6.45, 7) is -0.00695. The van der Waals surface area contributed by atoms with Gasteiger partial charge in [-0.3, -0.25) is 14.9 Å². The second-order valence-electron chi connectivity index (χ2n) is 4.55. The van der Waals surface area contributed by atoms with Gasteiger partial charge in [0.15, 0.2) is 5.82 Å². The number of carbonyl (C=O) groups excluding carboxylic acids is 2. The summed E-state index contributed by atoms with van der Waals surface area (Å²) in [5.74, 6) is 0.495. The molecule has 20 heavy (non-hydrogen) atoms. The molecule has 2 aromatic heterocycles. The minimum Gasteiger partial charge on any atom is -0.331 e. The Morgan fingerprint density at radius 2 is 2.25 bits per heavy atom. The van der Waals surface area contributed by atoms with Crippen LogP contribution in [-0.4, -0.2) is 36.8 Å². The first-order valence-electron chi connectivity index (χ1n) is 6.21. The van der Waals surface area contributed by atoms with Crippen molar-refractivity contribution in [3.05, 3.63) is 18.6 Å². The van der Waals surface area contributed by atoms with Crippen molar-refractivity contribution in [1.82, 2.24) is 25.0 Å². The monoisotopic (exact) mass is 275 g/mol. The number of aromatic nitrogens is 5. The Hall–Kier alpha value is -2.71. The predicted molar refractivity (Wildman–Crippen MR) is 68.6 cm³/mol. The third-order valence-electron chi connectivity index (χ3n) is 2.80. The average Bonchev–Trinajstić information content (AvgIpc) is 2.99. The summed E-state index contributed by atoms with van der Waals surface area (Å²) in [5.41, 5.74) is 0. The minimum absolute atomic E-state index is 0.00695. The van der Waals surface area contributed by atoms with Gasteiger partial charge in [0.25, 0.3) is 0 Å². The van der Waals surface area contributed by atoms with E-state index in [0.717, 1.165) is 12.8 Å². The number of imidazole rings is 1. The second kappa shape index (κ2) is 5.11. The smallest absolute Gasteiger partial charge is 0.248 e. The van der Waals surface area contributed by atoms with Crippen molar-refractivity contribution in [1.29, 1.82) is 0 Å². The number of nitrogens with one attached hydrogen (secondary N) is 3. The Labute approximate surface area is 113 Å². The second-order valence-corrected chi connectivity index (χ2v) is 4.55. The van der Waals surface area contributed by atoms with Crippen LogP contribution in [-0.2, 0) is 16.1 Å². The number of hydrogen-bond donors (Lipinski definition) is 3. The average molecular weight is 275 g/mol. The summed E-state index contributed by atoms with van der Waals surface area (Å²) in [5, 5.41) is 12.8. The van der Waals surface area contributed by atoms with Crippen molar-refractivity contribution in [2.75, 3.05) is 10.6 Å². The molecule has 1 fully saturated rings. The van der Waals surface area contributed by atoms with Gasteiger partial charge in [-0.1, -0.05) is 5.21 Å². The molecule has 0 spiro atoms. The molecule has 0 aromatic carbocycles. The van der Waals surface area contributed by atoms with Crippen LogP contribution in [0.15, 0.2) is 18.6 Å². The van der Waals surface area contributed by atoms with E-state index in [0.29, 0.717) is 11.8 Å². The number of hydrogen-bond acceptors (Lipinski definition) is 5. The number of amides is 2. The highest BCUT2D eigenvalue weighted by atomic mass is 16.2. The van der Waals surface area contributed by atoms with Crippen LogP contribution in [0.2, 0.25) is 0 Å². The zero-order valence-electron chi connectivity index (χ0n) is 10.5. The molecule has 9 nitrogen and oxygen atoms in total. The first-order chi connectivity index (χ1) is 9.70. The SMILES string of the molecule is O=C(Cn1cc(NC(=O)C2CC2)nn1)Nc1ncc[nH]1. The van der Waals surface area contributed by atoms with Crippen LogP contribution in [0, 0.1) is 5.92 Å². The van der Waals surface area contributed by atoms with Crippen molar-refractivity contribution < 1.29 is 9.59 Å². The van der Waals surface area contributed by atoms with Gasteiger partial charge in [0.1, 0.15) is 6.54 Å². The van der Waals surface area contributed by atoms with Crippen LogP contribution in [0.4, 0.5) is 11.8 Å². The highest BCUT2D eigenvalue weighted by molar-refractivity contribution is 5.93. The van der Waals surface area contributed by atoms with Gasteiger partial charge in [0.2, 0.25) is 17.8 Å². The molecule has 3 rings (SSSR count). The summed E-state index contributed by atoms with van der Waals surface area (Å²) in [6.07, 6.45) is 6.51. The zero-order chi connectivity index (χ0) is 13.9. The van der Waals surface area contributed by atoms with Gasteiger partial charge in [-0.25, -0.2) is 9.67 Å². The molecule has 1 saturated carbocycles. The topological polar surface area (TPSA) is 118 Å². The van der Waals surface area contributed by atoms with Crippen molar-refractivity contribution in [3.63, 3.8) is 0 Å². The maximum Gasteiger partial charge on any atom is 0.248 e. The summed E-state index contributed by atoms with van der Waals surface area (Å²) >= 11 is 0. The van der Waals surface area contributed by atoms with Gasteiger partial charge in [-0.05, 0) is 12.8 Å². The highest BCUT2D eigenvalue weighted by Gasteiger charge is 2.30. The van der Waals surface area contributed by atoms with Gasteiger partial charge < -0.3 is 10.3 Å². The molecule has 1 aliphatic rings.